The number of carbonyl (C=O) groups is 1. The summed E-state index contributed by atoms with van der Waals surface area (Å²) in [6.07, 6.45) is 0. The van der Waals surface area contributed by atoms with Crippen molar-refractivity contribution in [2.75, 3.05) is 11.5 Å². The van der Waals surface area contributed by atoms with Gasteiger partial charge in [0.1, 0.15) is 11.5 Å². The first kappa shape index (κ1) is 13.5. The molecule has 0 bridgehead atoms. The van der Waals surface area contributed by atoms with E-state index in [1.807, 2.05) is 26.0 Å². The molecule has 0 saturated heterocycles. The minimum atomic E-state index is -0.917. The molecule has 1 unspecified atom stereocenters. The van der Waals surface area contributed by atoms with Crippen molar-refractivity contribution in [3.05, 3.63) is 23.7 Å². The number of hydrogen-bond acceptors (Lipinski definition) is 6. The van der Waals surface area contributed by atoms with E-state index in [0.29, 0.717) is 5.16 Å². The normalized spacial score (nSPS) is 12.5. The highest BCUT2D eigenvalue weighted by Gasteiger charge is 2.20. The van der Waals surface area contributed by atoms with Crippen molar-refractivity contribution in [3.63, 3.8) is 0 Å². The second kappa shape index (κ2) is 5.35. The van der Waals surface area contributed by atoms with E-state index in [4.69, 9.17) is 15.3 Å². The Bertz CT molecular complexity index is 593. The SMILES string of the molecule is Cc1ccc(C(C)n2c(N)nnc2SCC(=O)O)o1. The monoisotopic (exact) mass is 282 g/mol. The maximum absolute atomic E-state index is 10.6. The highest BCUT2D eigenvalue weighted by Crippen LogP contribution is 2.28. The number of rotatable bonds is 5. The number of carboxylic acid groups (broad SMARTS) is 1. The fourth-order valence-corrected chi connectivity index (χ4v) is 2.42. The number of nitrogens with zero attached hydrogens (tertiary/aromatic N) is 3. The molecule has 0 amide bonds. The highest BCUT2D eigenvalue weighted by atomic mass is 32.2. The molecule has 2 heterocycles. The lowest BCUT2D eigenvalue weighted by Crippen LogP contribution is -2.11. The van der Waals surface area contributed by atoms with Crippen molar-refractivity contribution >= 4 is 23.7 Å². The fourth-order valence-electron chi connectivity index (χ4n) is 1.68. The summed E-state index contributed by atoms with van der Waals surface area (Å²) in [7, 11) is 0. The van der Waals surface area contributed by atoms with E-state index in [9.17, 15) is 4.79 Å². The molecule has 2 aromatic heterocycles. The minimum absolute atomic E-state index is 0.0952. The summed E-state index contributed by atoms with van der Waals surface area (Å²) in [6.45, 7) is 3.74. The Kier molecular flexibility index (Phi) is 3.79. The number of furan rings is 1. The van der Waals surface area contributed by atoms with E-state index in [0.717, 1.165) is 23.3 Å². The minimum Gasteiger partial charge on any atom is -0.481 e. The van der Waals surface area contributed by atoms with Gasteiger partial charge in [-0.3, -0.25) is 9.36 Å². The Morgan fingerprint density at radius 1 is 1.58 bits per heavy atom. The zero-order valence-electron chi connectivity index (χ0n) is 10.5. The third kappa shape index (κ3) is 2.90. The Morgan fingerprint density at radius 2 is 2.32 bits per heavy atom. The van der Waals surface area contributed by atoms with Gasteiger partial charge in [0.05, 0.1) is 11.8 Å². The van der Waals surface area contributed by atoms with Gasteiger partial charge >= 0.3 is 5.97 Å². The first-order valence-corrected chi connectivity index (χ1v) is 6.59. The first-order chi connectivity index (χ1) is 8.99. The van der Waals surface area contributed by atoms with Gasteiger partial charge in [-0.05, 0) is 26.0 Å². The Labute approximate surface area is 113 Å². The van der Waals surface area contributed by atoms with Gasteiger partial charge in [-0.2, -0.15) is 0 Å². The number of nitrogen functional groups attached to an aromatic ring is 1. The van der Waals surface area contributed by atoms with E-state index >= 15 is 0 Å². The fraction of sp³-hybridized carbons (Fsp3) is 0.364. The Morgan fingerprint density at radius 3 is 2.89 bits per heavy atom. The number of carboxylic acids is 1. The van der Waals surface area contributed by atoms with Crippen molar-refractivity contribution in [2.45, 2.75) is 25.0 Å². The van der Waals surface area contributed by atoms with E-state index in [-0.39, 0.29) is 17.7 Å². The lowest BCUT2D eigenvalue weighted by molar-refractivity contribution is -0.133. The summed E-state index contributed by atoms with van der Waals surface area (Å²) in [4.78, 5) is 10.6. The van der Waals surface area contributed by atoms with Crippen LogP contribution < -0.4 is 5.73 Å². The molecule has 0 aliphatic rings. The van der Waals surface area contributed by atoms with Crippen LogP contribution in [0.15, 0.2) is 21.7 Å². The molecule has 0 spiro atoms. The summed E-state index contributed by atoms with van der Waals surface area (Å²) in [5.74, 6) is 0.741. The van der Waals surface area contributed by atoms with Crippen LogP contribution >= 0.6 is 11.8 Å². The summed E-state index contributed by atoms with van der Waals surface area (Å²) in [5, 5.41) is 16.8. The lowest BCUT2D eigenvalue weighted by Gasteiger charge is -2.13. The van der Waals surface area contributed by atoms with Crippen LogP contribution in [-0.2, 0) is 4.79 Å². The van der Waals surface area contributed by atoms with Crippen LogP contribution in [-0.4, -0.2) is 31.6 Å². The van der Waals surface area contributed by atoms with Crippen molar-refractivity contribution < 1.29 is 14.3 Å². The predicted molar refractivity (Wildman–Crippen MR) is 70.1 cm³/mol. The Balaban J connectivity index is 2.27. The van der Waals surface area contributed by atoms with E-state index in [2.05, 4.69) is 10.2 Å². The molecule has 2 rings (SSSR count). The molecule has 0 saturated carbocycles. The molecule has 19 heavy (non-hydrogen) atoms. The third-order valence-electron chi connectivity index (χ3n) is 2.58. The molecule has 0 aliphatic carbocycles. The van der Waals surface area contributed by atoms with E-state index in [1.54, 1.807) is 4.57 Å². The summed E-state index contributed by atoms with van der Waals surface area (Å²) in [6, 6.07) is 3.52. The van der Waals surface area contributed by atoms with Crippen LogP contribution in [0.5, 0.6) is 0 Å². The van der Waals surface area contributed by atoms with E-state index in [1.165, 1.54) is 0 Å². The average Bonchev–Trinajstić information content (AvgIpc) is 2.92. The second-order valence-corrected chi connectivity index (χ2v) is 4.96. The number of thioether (sulfide) groups is 1. The quantitative estimate of drug-likeness (QED) is 0.801. The number of nitrogens with two attached hydrogens (primary N) is 1. The first-order valence-electron chi connectivity index (χ1n) is 5.60. The van der Waals surface area contributed by atoms with Crippen molar-refractivity contribution in [2.24, 2.45) is 0 Å². The third-order valence-corrected chi connectivity index (χ3v) is 3.50. The molecular weight excluding hydrogens is 268 g/mol. The topological polar surface area (TPSA) is 107 Å². The van der Waals surface area contributed by atoms with Gasteiger partial charge in [-0.15, -0.1) is 10.2 Å². The van der Waals surface area contributed by atoms with Crippen LogP contribution in [0.1, 0.15) is 24.5 Å². The van der Waals surface area contributed by atoms with Gasteiger partial charge in [-0.1, -0.05) is 11.8 Å². The number of anilines is 1. The summed E-state index contributed by atoms with van der Waals surface area (Å²) in [5.41, 5.74) is 5.78. The molecule has 0 fully saturated rings. The van der Waals surface area contributed by atoms with Gasteiger partial charge in [0.25, 0.3) is 0 Å². The zero-order chi connectivity index (χ0) is 14.0. The number of aliphatic carboxylic acids is 1. The standard InChI is InChI=1S/C11H14N4O3S/c1-6-3-4-8(18-6)7(2)15-10(12)13-14-11(15)19-5-9(16)17/h3-4,7H,5H2,1-2H3,(H2,12,13)(H,16,17). The van der Waals surface area contributed by atoms with Crippen LogP contribution in [0.3, 0.4) is 0 Å². The van der Waals surface area contributed by atoms with Crippen LogP contribution in [0.25, 0.3) is 0 Å². The summed E-state index contributed by atoms with van der Waals surface area (Å²) < 4.78 is 7.21. The molecule has 0 radical (unpaired) electrons. The molecule has 0 aromatic carbocycles. The molecule has 3 N–H and O–H groups in total. The van der Waals surface area contributed by atoms with Crippen molar-refractivity contribution in [1.82, 2.24) is 14.8 Å². The number of hydrogen-bond donors (Lipinski definition) is 2. The molecule has 8 heteroatoms. The van der Waals surface area contributed by atoms with Gasteiger partial charge in [0, 0.05) is 0 Å². The number of aromatic nitrogens is 3. The molecule has 1 atom stereocenters. The molecule has 102 valence electrons. The number of aryl methyl sites for hydroxylation is 1. The largest absolute Gasteiger partial charge is 0.481 e. The molecular formula is C11H14N4O3S. The van der Waals surface area contributed by atoms with Gasteiger partial charge in [-0.25, -0.2) is 0 Å². The van der Waals surface area contributed by atoms with Gasteiger partial charge in [0.2, 0.25) is 5.95 Å². The lowest BCUT2D eigenvalue weighted by atomic mass is 10.2. The van der Waals surface area contributed by atoms with Crippen molar-refractivity contribution in [1.29, 1.82) is 0 Å². The van der Waals surface area contributed by atoms with E-state index < -0.39 is 5.97 Å². The van der Waals surface area contributed by atoms with Gasteiger partial charge < -0.3 is 15.3 Å². The van der Waals surface area contributed by atoms with Crippen LogP contribution in [0, 0.1) is 6.92 Å². The zero-order valence-corrected chi connectivity index (χ0v) is 11.3. The van der Waals surface area contributed by atoms with Crippen LogP contribution in [0.4, 0.5) is 5.95 Å². The van der Waals surface area contributed by atoms with Crippen molar-refractivity contribution in [3.8, 4) is 0 Å². The smallest absolute Gasteiger partial charge is 0.313 e. The molecule has 2 aromatic rings. The van der Waals surface area contributed by atoms with Gasteiger partial charge in [0.15, 0.2) is 5.16 Å². The van der Waals surface area contributed by atoms with Crippen LogP contribution in [0.2, 0.25) is 0 Å². The average molecular weight is 282 g/mol. The maximum Gasteiger partial charge on any atom is 0.313 e. The second-order valence-electron chi connectivity index (χ2n) is 4.02. The summed E-state index contributed by atoms with van der Waals surface area (Å²) >= 11 is 1.07. The maximum atomic E-state index is 10.6. The molecule has 0 aliphatic heterocycles. The molecule has 7 nitrogen and oxygen atoms in total. The predicted octanol–water partition coefficient (Wildman–Crippen LogP) is 1.55. The Hall–Kier alpha value is -1.96. The highest BCUT2D eigenvalue weighted by molar-refractivity contribution is 7.99.